The van der Waals surface area contributed by atoms with Crippen LogP contribution >= 0.6 is 0 Å². The van der Waals surface area contributed by atoms with E-state index >= 15 is 0 Å². The number of aromatic nitrogens is 3. The number of methoxy groups -OCH3 is 2. The van der Waals surface area contributed by atoms with Crippen LogP contribution in [0, 0.1) is 0 Å². The first-order valence-electron chi connectivity index (χ1n) is 11.2. The maximum absolute atomic E-state index is 13.6. The Morgan fingerprint density at radius 1 is 1.06 bits per heavy atom. The molecule has 0 saturated carbocycles. The number of nitrogens with zero attached hydrogens (tertiary/aromatic N) is 4. The van der Waals surface area contributed by atoms with Gasteiger partial charge in [-0.25, -0.2) is 4.68 Å². The van der Waals surface area contributed by atoms with Gasteiger partial charge in [0.25, 0.3) is 0 Å². The van der Waals surface area contributed by atoms with E-state index in [1.54, 1.807) is 26.4 Å². The van der Waals surface area contributed by atoms with Crippen molar-refractivity contribution in [2.45, 2.75) is 19.5 Å². The number of carbonyl (C=O) groups is 2. The van der Waals surface area contributed by atoms with Gasteiger partial charge in [0.05, 0.1) is 25.3 Å². The van der Waals surface area contributed by atoms with Crippen molar-refractivity contribution in [3.05, 3.63) is 54.1 Å². The summed E-state index contributed by atoms with van der Waals surface area (Å²) in [5, 5.41) is 11.1. The minimum Gasteiger partial charge on any atom is -0.494 e. The van der Waals surface area contributed by atoms with Crippen LogP contribution in [0.25, 0.3) is 11.0 Å². The zero-order chi connectivity index (χ0) is 24.3. The largest absolute Gasteiger partial charge is 0.494 e. The lowest BCUT2D eigenvalue weighted by molar-refractivity contribution is -0.142. The average molecular weight is 470 g/mol. The summed E-state index contributed by atoms with van der Waals surface area (Å²) in [5.74, 6) is -0.0960. The number of carbonyl (C=O) groups excluding carboxylic acids is 2. The molecule has 10 nitrogen and oxygen atoms in total. The Morgan fingerprint density at radius 3 is 2.56 bits per heavy atom. The van der Waals surface area contributed by atoms with Crippen LogP contribution in [-0.4, -0.2) is 78.8 Å². The number of benzene rings is 2. The van der Waals surface area contributed by atoms with Crippen LogP contribution in [0.1, 0.15) is 18.5 Å². The van der Waals surface area contributed by atoms with Crippen LogP contribution in [0.3, 0.4) is 0 Å². The van der Waals surface area contributed by atoms with Gasteiger partial charge in [-0.3, -0.25) is 9.59 Å². The van der Waals surface area contributed by atoms with Gasteiger partial charge >= 0.3 is 0 Å². The number of para-hydroxylation sites is 2. The highest BCUT2D eigenvalue weighted by Gasteiger charge is 2.33. The van der Waals surface area contributed by atoms with Crippen LogP contribution in [0.2, 0.25) is 0 Å². The molecule has 1 heterocycles. The van der Waals surface area contributed by atoms with Crippen LogP contribution < -0.4 is 10.1 Å². The van der Waals surface area contributed by atoms with E-state index in [1.165, 1.54) is 9.58 Å². The molecule has 0 bridgehead atoms. The van der Waals surface area contributed by atoms with E-state index < -0.39 is 6.04 Å². The molecule has 0 aliphatic rings. The number of hydrogen-bond donors (Lipinski definition) is 1. The highest BCUT2D eigenvalue weighted by atomic mass is 16.5. The Hall–Kier alpha value is -3.50. The van der Waals surface area contributed by atoms with E-state index in [4.69, 9.17) is 14.2 Å². The molecule has 1 atom stereocenters. The predicted octanol–water partition coefficient (Wildman–Crippen LogP) is 1.81. The summed E-state index contributed by atoms with van der Waals surface area (Å²) in [6, 6.07) is 13.7. The van der Waals surface area contributed by atoms with Gasteiger partial charge in [0.2, 0.25) is 11.8 Å². The Labute approximate surface area is 198 Å². The quantitative estimate of drug-likeness (QED) is 0.380. The molecule has 2 aromatic carbocycles. The van der Waals surface area contributed by atoms with Crippen molar-refractivity contribution >= 4 is 22.8 Å². The molecule has 34 heavy (non-hydrogen) atoms. The van der Waals surface area contributed by atoms with Gasteiger partial charge in [0.15, 0.2) is 0 Å². The summed E-state index contributed by atoms with van der Waals surface area (Å²) in [7, 11) is 3.11. The molecular weight excluding hydrogens is 438 g/mol. The molecular formula is C24H31N5O5. The molecule has 0 saturated heterocycles. The van der Waals surface area contributed by atoms with Crippen molar-refractivity contribution in [1.82, 2.24) is 25.2 Å². The van der Waals surface area contributed by atoms with Gasteiger partial charge in [0, 0.05) is 32.9 Å². The lowest BCUT2D eigenvalue weighted by Gasteiger charge is -2.32. The molecule has 3 aromatic rings. The Bertz CT molecular complexity index is 1090. The monoisotopic (exact) mass is 469 g/mol. The van der Waals surface area contributed by atoms with Crippen LogP contribution in [0.4, 0.5) is 0 Å². The fraction of sp³-hybridized carbons (Fsp3) is 0.417. The number of hydrogen-bond acceptors (Lipinski definition) is 7. The van der Waals surface area contributed by atoms with Gasteiger partial charge in [-0.2, -0.15) is 0 Å². The Morgan fingerprint density at radius 2 is 1.79 bits per heavy atom. The maximum atomic E-state index is 13.6. The second-order valence-electron chi connectivity index (χ2n) is 7.47. The molecule has 0 radical (unpaired) electrons. The zero-order valence-corrected chi connectivity index (χ0v) is 19.8. The number of fused-ring (bicyclic) bond motifs is 1. The lowest BCUT2D eigenvalue weighted by atomic mass is 10.0. The standard InChI is InChI=1S/C24H31N5O5/c1-4-34-21-12-8-5-9-18(21)23(24(31)25-13-15-32-2)28(14-16-33-3)22(30)17-29-20-11-7-6-10-19(20)26-27-29/h5-12,23H,4,13-17H2,1-3H3,(H,25,31)/t23-/m1/s1. The number of rotatable bonds is 13. The van der Waals surface area contributed by atoms with Crippen molar-refractivity contribution in [1.29, 1.82) is 0 Å². The molecule has 2 amide bonds. The zero-order valence-electron chi connectivity index (χ0n) is 19.8. The van der Waals surface area contributed by atoms with E-state index in [-0.39, 0.29) is 31.5 Å². The number of ether oxygens (including phenoxy) is 3. The van der Waals surface area contributed by atoms with E-state index in [2.05, 4.69) is 15.6 Å². The molecule has 0 aliphatic carbocycles. The lowest BCUT2D eigenvalue weighted by Crippen LogP contribution is -2.47. The summed E-state index contributed by atoms with van der Waals surface area (Å²) >= 11 is 0. The third-order valence-corrected chi connectivity index (χ3v) is 5.24. The summed E-state index contributed by atoms with van der Waals surface area (Å²) in [6.45, 7) is 3.32. The minimum atomic E-state index is -0.933. The first-order valence-corrected chi connectivity index (χ1v) is 11.2. The third-order valence-electron chi connectivity index (χ3n) is 5.24. The summed E-state index contributed by atoms with van der Waals surface area (Å²) in [6.07, 6.45) is 0. The highest BCUT2D eigenvalue weighted by molar-refractivity contribution is 5.89. The van der Waals surface area contributed by atoms with Crippen molar-refractivity contribution < 1.29 is 23.8 Å². The molecule has 0 fully saturated rings. The van der Waals surface area contributed by atoms with Gasteiger partial charge in [-0.15, -0.1) is 5.10 Å². The van der Waals surface area contributed by atoms with E-state index in [9.17, 15) is 9.59 Å². The average Bonchev–Trinajstić information content (AvgIpc) is 3.25. The SMILES string of the molecule is CCOc1ccccc1[C@H](C(=O)NCCOC)N(CCOC)C(=O)Cn1nnc2ccccc21. The molecule has 0 aliphatic heterocycles. The van der Waals surface area contributed by atoms with Crippen molar-refractivity contribution in [3.8, 4) is 5.75 Å². The first-order chi connectivity index (χ1) is 16.6. The first kappa shape index (κ1) is 25.1. The summed E-state index contributed by atoms with van der Waals surface area (Å²) in [4.78, 5) is 28.5. The van der Waals surface area contributed by atoms with Gasteiger partial charge in [0.1, 0.15) is 23.9 Å². The van der Waals surface area contributed by atoms with Crippen molar-refractivity contribution in [2.24, 2.45) is 0 Å². The molecule has 0 spiro atoms. The molecule has 182 valence electrons. The van der Waals surface area contributed by atoms with Crippen molar-refractivity contribution in [2.75, 3.05) is 47.1 Å². The molecule has 1 N–H and O–H groups in total. The summed E-state index contributed by atoms with van der Waals surface area (Å²) < 4.78 is 17.6. The van der Waals surface area contributed by atoms with Gasteiger partial charge < -0.3 is 24.4 Å². The van der Waals surface area contributed by atoms with Gasteiger partial charge in [-0.05, 0) is 25.1 Å². The highest BCUT2D eigenvalue weighted by Crippen LogP contribution is 2.30. The van der Waals surface area contributed by atoms with Crippen molar-refractivity contribution in [3.63, 3.8) is 0 Å². The maximum Gasteiger partial charge on any atom is 0.247 e. The third kappa shape index (κ3) is 6.09. The Balaban J connectivity index is 1.98. The van der Waals surface area contributed by atoms with Crippen LogP contribution in [-0.2, 0) is 25.6 Å². The van der Waals surface area contributed by atoms with Crippen LogP contribution in [0.15, 0.2) is 48.5 Å². The normalized spacial score (nSPS) is 11.9. The fourth-order valence-electron chi connectivity index (χ4n) is 3.66. The Kier molecular flexibility index (Phi) is 9.36. The molecule has 3 rings (SSSR count). The predicted molar refractivity (Wildman–Crippen MR) is 126 cm³/mol. The molecule has 1 aromatic heterocycles. The molecule has 10 heteroatoms. The fourth-order valence-corrected chi connectivity index (χ4v) is 3.66. The van der Waals surface area contributed by atoms with E-state index in [0.717, 1.165) is 5.52 Å². The topological polar surface area (TPSA) is 108 Å². The second-order valence-corrected chi connectivity index (χ2v) is 7.47. The minimum absolute atomic E-state index is 0.0805. The molecule has 0 unspecified atom stereocenters. The number of nitrogens with one attached hydrogen (secondary N) is 1. The smallest absolute Gasteiger partial charge is 0.247 e. The van der Waals surface area contributed by atoms with E-state index in [0.29, 0.717) is 36.6 Å². The van der Waals surface area contributed by atoms with Gasteiger partial charge in [-0.1, -0.05) is 35.5 Å². The van der Waals surface area contributed by atoms with Crippen LogP contribution in [0.5, 0.6) is 5.75 Å². The summed E-state index contributed by atoms with van der Waals surface area (Å²) in [5.41, 5.74) is 2.01. The van der Waals surface area contributed by atoms with E-state index in [1.807, 2.05) is 43.3 Å². The second kappa shape index (κ2) is 12.7. The number of amides is 2.